The Kier molecular flexibility index (Phi) is 11.0. The van der Waals surface area contributed by atoms with E-state index < -0.39 is 7.82 Å². The molecule has 10 nitrogen and oxygen atoms in total. The Hall–Kier alpha value is -1.94. The van der Waals surface area contributed by atoms with Gasteiger partial charge in [0.05, 0.1) is 31.6 Å². The topological polar surface area (TPSA) is 179 Å². The molecule has 0 radical (unpaired) electrons. The number of pyridine rings is 1. The first-order valence-electron chi connectivity index (χ1n) is 8.37. The second kappa shape index (κ2) is 11.8. The standard InChI is InChI=1S/C17H25N3O2.H3O4P.H2O/c1-11(6-5-7-18)20-15-10-19-14-9-17(22-4)16(21-3)8-13(14)12(15)2;1-5(2,3)4;/h8-11,20H,5-7,18H2,1-4H3;(H3,1,2,3,4);1H2. The maximum absolute atomic E-state index is 8.88. The summed E-state index contributed by atoms with van der Waals surface area (Å²) in [7, 11) is -1.37. The summed E-state index contributed by atoms with van der Waals surface area (Å²) >= 11 is 0. The van der Waals surface area contributed by atoms with E-state index in [4.69, 9.17) is 34.5 Å². The van der Waals surface area contributed by atoms with Crippen LogP contribution in [-0.2, 0) is 4.57 Å². The average Bonchev–Trinajstić information content (AvgIpc) is 2.60. The third-order valence-electron chi connectivity index (χ3n) is 3.89. The molecule has 0 aliphatic carbocycles. The van der Waals surface area contributed by atoms with Crippen LogP contribution in [0.5, 0.6) is 11.5 Å². The molecule has 8 N–H and O–H groups in total. The first kappa shape index (κ1) is 26.1. The van der Waals surface area contributed by atoms with Crippen LogP contribution in [0, 0.1) is 6.92 Å². The van der Waals surface area contributed by atoms with Gasteiger partial charge in [-0.1, -0.05) is 0 Å². The average molecular weight is 419 g/mol. The van der Waals surface area contributed by atoms with Gasteiger partial charge in [-0.2, -0.15) is 0 Å². The lowest BCUT2D eigenvalue weighted by molar-refractivity contribution is 0.275. The number of benzene rings is 1. The van der Waals surface area contributed by atoms with Crippen LogP contribution in [0.25, 0.3) is 10.9 Å². The van der Waals surface area contributed by atoms with Crippen molar-refractivity contribution in [3.05, 3.63) is 23.9 Å². The largest absolute Gasteiger partial charge is 0.493 e. The molecule has 0 spiro atoms. The van der Waals surface area contributed by atoms with Crippen molar-refractivity contribution in [2.75, 3.05) is 26.1 Å². The van der Waals surface area contributed by atoms with Crippen molar-refractivity contribution in [1.82, 2.24) is 4.98 Å². The number of aromatic nitrogens is 1. The zero-order chi connectivity index (χ0) is 20.6. The molecule has 1 unspecified atom stereocenters. The predicted molar refractivity (Wildman–Crippen MR) is 109 cm³/mol. The zero-order valence-electron chi connectivity index (χ0n) is 16.5. The fourth-order valence-corrected chi connectivity index (χ4v) is 2.56. The highest BCUT2D eigenvalue weighted by Crippen LogP contribution is 2.34. The molecule has 28 heavy (non-hydrogen) atoms. The molecule has 1 atom stereocenters. The second-order valence-electron chi connectivity index (χ2n) is 6.01. The fourth-order valence-electron chi connectivity index (χ4n) is 2.56. The molecule has 160 valence electrons. The molecule has 0 saturated carbocycles. The predicted octanol–water partition coefficient (Wildman–Crippen LogP) is 1.35. The summed E-state index contributed by atoms with van der Waals surface area (Å²) in [6.07, 6.45) is 3.93. The number of anilines is 1. The molecule has 11 heteroatoms. The van der Waals surface area contributed by atoms with Crippen molar-refractivity contribution in [2.24, 2.45) is 5.73 Å². The lowest BCUT2D eigenvalue weighted by Gasteiger charge is -2.18. The van der Waals surface area contributed by atoms with Crippen molar-refractivity contribution in [1.29, 1.82) is 0 Å². The van der Waals surface area contributed by atoms with E-state index in [9.17, 15) is 0 Å². The molecule has 0 aliphatic heterocycles. The molecule has 0 saturated heterocycles. The van der Waals surface area contributed by atoms with Gasteiger partial charge in [0, 0.05) is 17.5 Å². The Bertz CT molecular complexity index is 790. The minimum atomic E-state index is -4.64. The number of phosphoric acid groups is 1. The maximum Gasteiger partial charge on any atom is 0.466 e. The summed E-state index contributed by atoms with van der Waals surface area (Å²) in [5, 5.41) is 4.58. The Morgan fingerprint density at radius 1 is 1.21 bits per heavy atom. The first-order chi connectivity index (χ1) is 12.6. The Morgan fingerprint density at radius 3 is 2.25 bits per heavy atom. The van der Waals surface area contributed by atoms with Gasteiger partial charge in [0.15, 0.2) is 11.5 Å². The third-order valence-corrected chi connectivity index (χ3v) is 3.89. The molecule has 1 aromatic heterocycles. The van der Waals surface area contributed by atoms with Crippen molar-refractivity contribution in [3.8, 4) is 11.5 Å². The van der Waals surface area contributed by atoms with Crippen LogP contribution in [0.2, 0.25) is 0 Å². The number of nitrogens with two attached hydrogens (primary N) is 1. The number of aryl methyl sites for hydroxylation is 1. The van der Waals surface area contributed by atoms with E-state index >= 15 is 0 Å². The summed E-state index contributed by atoms with van der Waals surface area (Å²) in [5.41, 5.74) is 8.67. The van der Waals surface area contributed by atoms with Gasteiger partial charge >= 0.3 is 7.82 Å². The molecule has 1 heterocycles. The number of nitrogens with one attached hydrogen (secondary N) is 1. The molecule has 0 fully saturated rings. The van der Waals surface area contributed by atoms with Crippen LogP contribution in [0.15, 0.2) is 18.3 Å². The molecule has 2 aromatic rings. The molecule has 0 aliphatic rings. The van der Waals surface area contributed by atoms with Gasteiger partial charge in [-0.15, -0.1) is 0 Å². The van der Waals surface area contributed by atoms with E-state index in [1.54, 1.807) is 14.2 Å². The van der Waals surface area contributed by atoms with E-state index in [1.165, 1.54) is 0 Å². The Balaban J connectivity index is 0.00000108. The number of rotatable bonds is 7. The number of hydrogen-bond acceptors (Lipinski definition) is 6. The summed E-state index contributed by atoms with van der Waals surface area (Å²) in [6.45, 7) is 4.97. The lowest BCUT2D eigenvalue weighted by Crippen LogP contribution is -2.17. The molecule has 2 rings (SSSR count). The normalized spacial score (nSPS) is 11.7. The second-order valence-corrected chi connectivity index (χ2v) is 7.04. The highest BCUT2D eigenvalue weighted by molar-refractivity contribution is 7.45. The number of fused-ring (bicyclic) bond motifs is 1. The first-order valence-corrected chi connectivity index (χ1v) is 9.93. The monoisotopic (exact) mass is 419 g/mol. The maximum atomic E-state index is 8.88. The molecule has 1 aromatic carbocycles. The van der Waals surface area contributed by atoms with Gasteiger partial charge in [0.25, 0.3) is 0 Å². The highest BCUT2D eigenvalue weighted by atomic mass is 31.2. The number of hydrogen-bond donors (Lipinski definition) is 5. The van der Waals surface area contributed by atoms with Crippen molar-refractivity contribution in [3.63, 3.8) is 0 Å². The lowest BCUT2D eigenvalue weighted by atomic mass is 10.1. The minimum Gasteiger partial charge on any atom is -0.493 e. The quantitative estimate of drug-likeness (QED) is 0.414. The molecular weight excluding hydrogens is 389 g/mol. The van der Waals surface area contributed by atoms with E-state index in [-0.39, 0.29) is 5.48 Å². The number of methoxy groups -OCH3 is 2. The third kappa shape index (κ3) is 8.39. The van der Waals surface area contributed by atoms with Gasteiger partial charge in [-0.25, -0.2) is 4.57 Å². The minimum absolute atomic E-state index is 0. The van der Waals surface area contributed by atoms with Crippen LogP contribution in [0.3, 0.4) is 0 Å². The SMILES string of the molecule is COc1cc2ncc(NC(C)CCCN)c(C)c2cc1OC.O.O=P(O)(O)O. The molecular formula is C17H30N3O7P. The van der Waals surface area contributed by atoms with Gasteiger partial charge < -0.3 is 40.7 Å². The van der Waals surface area contributed by atoms with Crippen LogP contribution >= 0.6 is 7.82 Å². The van der Waals surface area contributed by atoms with Crippen LogP contribution in [-0.4, -0.2) is 51.9 Å². The fraction of sp³-hybridized carbons (Fsp3) is 0.471. The van der Waals surface area contributed by atoms with E-state index in [0.717, 1.165) is 41.5 Å². The summed E-state index contributed by atoms with van der Waals surface area (Å²) < 4.78 is 19.6. The van der Waals surface area contributed by atoms with E-state index in [0.29, 0.717) is 17.5 Å². The van der Waals surface area contributed by atoms with Gasteiger partial charge in [-0.3, -0.25) is 4.98 Å². The van der Waals surface area contributed by atoms with Gasteiger partial charge in [-0.05, 0) is 44.9 Å². The van der Waals surface area contributed by atoms with Crippen molar-refractivity contribution in [2.45, 2.75) is 32.7 Å². The summed E-state index contributed by atoms with van der Waals surface area (Å²) in [6, 6.07) is 4.25. The van der Waals surface area contributed by atoms with Crippen LogP contribution in [0.1, 0.15) is 25.3 Å². The van der Waals surface area contributed by atoms with E-state index in [1.807, 2.05) is 18.3 Å². The van der Waals surface area contributed by atoms with Crippen LogP contribution in [0.4, 0.5) is 5.69 Å². The summed E-state index contributed by atoms with van der Waals surface area (Å²) in [4.78, 5) is 26.1. The van der Waals surface area contributed by atoms with Crippen molar-refractivity contribution >= 4 is 24.4 Å². The Labute approximate surface area is 164 Å². The molecule has 0 amide bonds. The van der Waals surface area contributed by atoms with Crippen LogP contribution < -0.4 is 20.5 Å². The van der Waals surface area contributed by atoms with Gasteiger partial charge in [0.1, 0.15) is 0 Å². The number of nitrogens with zero attached hydrogens (tertiary/aromatic N) is 1. The number of ether oxygens (including phenoxy) is 2. The Morgan fingerprint density at radius 2 is 1.75 bits per heavy atom. The highest BCUT2D eigenvalue weighted by Gasteiger charge is 2.12. The smallest absolute Gasteiger partial charge is 0.466 e. The van der Waals surface area contributed by atoms with Crippen molar-refractivity contribution < 1.29 is 34.2 Å². The zero-order valence-corrected chi connectivity index (χ0v) is 17.4. The molecule has 0 bridgehead atoms. The van der Waals surface area contributed by atoms with Gasteiger partial charge in [0.2, 0.25) is 0 Å². The van der Waals surface area contributed by atoms with E-state index in [2.05, 4.69) is 24.1 Å². The summed E-state index contributed by atoms with van der Waals surface area (Å²) in [5.74, 6) is 1.41.